The van der Waals surface area contributed by atoms with E-state index in [0.29, 0.717) is 0 Å². The molecule has 1 nitrogen and oxygen atoms in total. The van der Waals surface area contributed by atoms with Crippen LogP contribution in [0.1, 0.15) is 31.7 Å². The Morgan fingerprint density at radius 1 is 1.05 bits per heavy atom. The number of allylic oxidation sites excluding steroid dienone is 6. The van der Waals surface area contributed by atoms with E-state index in [-0.39, 0.29) is 5.54 Å². The number of rotatable bonds is 2. The fourth-order valence-electron chi connectivity index (χ4n) is 2.93. The topological polar surface area (TPSA) is 26.0 Å². The van der Waals surface area contributed by atoms with Crippen LogP contribution >= 0.6 is 0 Å². The van der Waals surface area contributed by atoms with E-state index in [0.717, 1.165) is 19.3 Å². The summed E-state index contributed by atoms with van der Waals surface area (Å²) in [5.41, 5.74) is 11.3. The van der Waals surface area contributed by atoms with Crippen molar-refractivity contribution < 1.29 is 0 Å². The van der Waals surface area contributed by atoms with Crippen molar-refractivity contribution in [2.45, 2.75) is 31.7 Å². The first-order valence-electron chi connectivity index (χ1n) is 7.29. The summed E-state index contributed by atoms with van der Waals surface area (Å²) in [5.74, 6) is 0. The van der Waals surface area contributed by atoms with Crippen LogP contribution in [-0.2, 0) is 0 Å². The van der Waals surface area contributed by atoms with Gasteiger partial charge in [0.2, 0.25) is 0 Å². The third-order valence-corrected chi connectivity index (χ3v) is 3.86. The minimum Gasteiger partial charge on any atom is -0.322 e. The first-order valence-corrected chi connectivity index (χ1v) is 7.29. The van der Waals surface area contributed by atoms with E-state index in [1.54, 1.807) is 0 Å². The summed E-state index contributed by atoms with van der Waals surface area (Å²) in [7, 11) is 0. The summed E-state index contributed by atoms with van der Waals surface area (Å²) in [5, 5.41) is 0. The maximum Gasteiger partial charge on any atom is 0.0360 e. The zero-order chi connectivity index (χ0) is 14.0. The van der Waals surface area contributed by atoms with Gasteiger partial charge in [0, 0.05) is 5.54 Å². The summed E-state index contributed by atoms with van der Waals surface area (Å²) in [6, 6.07) is 10.5. The quantitative estimate of drug-likeness (QED) is 0.841. The summed E-state index contributed by atoms with van der Waals surface area (Å²) >= 11 is 0. The Bertz CT molecular complexity index is 612. The van der Waals surface area contributed by atoms with E-state index in [2.05, 4.69) is 61.6 Å². The van der Waals surface area contributed by atoms with Gasteiger partial charge in [-0.1, -0.05) is 60.7 Å². The minimum atomic E-state index is -0.276. The molecule has 20 heavy (non-hydrogen) atoms. The molecule has 2 aliphatic carbocycles. The fourth-order valence-corrected chi connectivity index (χ4v) is 2.93. The van der Waals surface area contributed by atoms with Gasteiger partial charge in [0.05, 0.1) is 0 Å². The normalized spacial score (nSPS) is 25.8. The highest BCUT2D eigenvalue weighted by Gasteiger charge is 2.24. The van der Waals surface area contributed by atoms with Crippen LogP contribution in [0.15, 0.2) is 71.9 Å². The van der Waals surface area contributed by atoms with Gasteiger partial charge < -0.3 is 5.73 Å². The Morgan fingerprint density at radius 3 is 2.55 bits per heavy atom. The molecule has 0 amide bonds. The van der Waals surface area contributed by atoms with Crippen LogP contribution in [0.25, 0.3) is 5.57 Å². The third kappa shape index (κ3) is 2.83. The van der Waals surface area contributed by atoms with Crippen molar-refractivity contribution in [2.75, 3.05) is 0 Å². The van der Waals surface area contributed by atoms with Crippen LogP contribution in [0.2, 0.25) is 0 Å². The second-order valence-electron chi connectivity index (χ2n) is 5.96. The molecule has 0 aliphatic heterocycles. The number of benzene rings is 1. The van der Waals surface area contributed by atoms with Gasteiger partial charge in [-0.25, -0.2) is 0 Å². The third-order valence-electron chi connectivity index (χ3n) is 3.86. The van der Waals surface area contributed by atoms with Gasteiger partial charge in [0.1, 0.15) is 0 Å². The lowest BCUT2D eigenvalue weighted by Crippen LogP contribution is -2.36. The van der Waals surface area contributed by atoms with Crippen LogP contribution in [0.3, 0.4) is 0 Å². The Hall–Kier alpha value is -1.86. The lowest BCUT2D eigenvalue weighted by Gasteiger charge is -2.29. The fraction of sp³-hybridized carbons (Fsp3) is 0.263. The first-order chi connectivity index (χ1) is 9.64. The Kier molecular flexibility index (Phi) is 3.45. The molecule has 1 aromatic carbocycles. The van der Waals surface area contributed by atoms with Crippen molar-refractivity contribution in [3.05, 3.63) is 77.4 Å². The zero-order valence-corrected chi connectivity index (χ0v) is 12.0. The average molecular weight is 263 g/mol. The van der Waals surface area contributed by atoms with Crippen LogP contribution in [-0.4, -0.2) is 5.54 Å². The summed E-state index contributed by atoms with van der Waals surface area (Å²) < 4.78 is 0. The molecule has 0 saturated heterocycles. The molecule has 1 atom stereocenters. The van der Waals surface area contributed by atoms with Gasteiger partial charge in [-0.2, -0.15) is 0 Å². The Labute approximate surface area is 121 Å². The molecule has 2 aliphatic rings. The van der Waals surface area contributed by atoms with Crippen molar-refractivity contribution in [1.29, 1.82) is 0 Å². The maximum atomic E-state index is 6.43. The van der Waals surface area contributed by atoms with Gasteiger partial charge in [-0.15, -0.1) is 0 Å². The smallest absolute Gasteiger partial charge is 0.0360 e. The van der Waals surface area contributed by atoms with Crippen LogP contribution in [0.5, 0.6) is 0 Å². The lowest BCUT2D eigenvalue weighted by atomic mass is 9.80. The molecule has 0 spiro atoms. The molecule has 0 unspecified atom stereocenters. The molecule has 102 valence electrons. The van der Waals surface area contributed by atoms with Crippen LogP contribution in [0, 0.1) is 0 Å². The molecule has 1 heteroatoms. The average Bonchev–Trinajstić information content (AvgIpc) is 2.47. The van der Waals surface area contributed by atoms with Gasteiger partial charge in [-0.3, -0.25) is 0 Å². The van der Waals surface area contributed by atoms with Gasteiger partial charge >= 0.3 is 0 Å². The standard InChI is InChI=1S/C19H21N/c1-19(20)13-17(15-8-4-2-5-9-15)12-18(14-19)16-10-6-3-7-11-16/h2,4-6,8-13H,3,7,14,20H2,1H3/t19-/m1/s1. The molecular weight excluding hydrogens is 242 g/mol. The van der Waals surface area contributed by atoms with Gasteiger partial charge in [0.15, 0.2) is 0 Å². The van der Waals surface area contributed by atoms with Gasteiger partial charge in [-0.05, 0) is 48.5 Å². The molecule has 0 bridgehead atoms. The summed E-state index contributed by atoms with van der Waals surface area (Å²) in [4.78, 5) is 0. The second kappa shape index (κ2) is 5.26. The number of hydrogen-bond donors (Lipinski definition) is 1. The van der Waals surface area contributed by atoms with Crippen molar-refractivity contribution in [3.63, 3.8) is 0 Å². The van der Waals surface area contributed by atoms with Crippen LogP contribution < -0.4 is 5.73 Å². The van der Waals surface area contributed by atoms with E-state index in [1.807, 2.05) is 6.07 Å². The molecule has 0 aromatic heterocycles. The summed E-state index contributed by atoms with van der Waals surface area (Å²) in [6.07, 6.45) is 14.5. The molecule has 1 aromatic rings. The van der Waals surface area contributed by atoms with Gasteiger partial charge in [0.25, 0.3) is 0 Å². The second-order valence-corrected chi connectivity index (χ2v) is 5.96. The SMILES string of the molecule is C[C@@]1(N)C=C(c2ccccc2)C=C(C2=CCCC=C2)C1. The highest BCUT2D eigenvalue weighted by molar-refractivity contribution is 5.78. The van der Waals surface area contributed by atoms with Crippen molar-refractivity contribution >= 4 is 5.57 Å². The lowest BCUT2D eigenvalue weighted by molar-refractivity contribution is 0.578. The van der Waals surface area contributed by atoms with Crippen LogP contribution in [0.4, 0.5) is 0 Å². The highest BCUT2D eigenvalue weighted by Crippen LogP contribution is 2.34. The van der Waals surface area contributed by atoms with E-state index in [4.69, 9.17) is 5.73 Å². The minimum absolute atomic E-state index is 0.276. The molecule has 0 heterocycles. The predicted octanol–water partition coefficient (Wildman–Crippen LogP) is 4.39. The molecule has 0 fully saturated rings. The predicted molar refractivity (Wildman–Crippen MR) is 86.2 cm³/mol. The molecule has 0 saturated carbocycles. The molecule has 0 radical (unpaired) electrons. The largest absolute Gasteiger partial charge is 0.322 e. The molecular formula is C19H21N. The van der Waals surface area contributed by atoms with Crippen molar-refractivity contribution in [1.82, 2.24) is 0 Å². The number of hydrogen-bond acceptors (Lipinski definition) is 1. The van der Waals surface area contributed by atoms with E-state index >= 15 is 0 Å². The van der Waals surface area contributed by atoms with E-state index in [9.17, 15) is 0 Å². The Morgan fingerprint density at radius 2 is 1.85 bits per heavy atom. The van der Waals surface area contributed by atoms with E-state index < -0.39 is 0 Å². The monoisotopic (exact) mass is 263 g/mol. The maximum absolute atomic E-state index is 6.43. The highest BCUT2D eigenvalue weighted by atomic mass is 14.7. The van der Waals surface area contributed by atoms with Crippen molar-refractivity contribution in [3.8, 4) is 0 Å². The summed E-state index contributed by atoms with van der Waals surface area (Å²) in [6.45, 7) is 2.11. The number of nitrogens with two attached hydrogens (primary N) is 1. The molecule has 2 N–H and O–H groups in total. The zero-order valence-electron chi connectivity index (χ0n) is 12.0. The first kappa shape index (κ1) is 13.1. The van der Waals surface area contributed by atoms with E-state index in [1.165, 1.54) is 22.3 Å². The molecule has 3 rings (SSSR count). The Balaban J connectivity index is 2.00. The van der Waals surface area contributed by atoms with Crippen molar-refractivity contribution in [2.24, 2.45) is 5.73 Å².